The summed E-state index contributed by atoms with van der Waals surface area (Å²) in [5.74, 6) is -0.0215. The summed E-state index contributed by atoms with van der Waals surface area (Å²) in [5.41, 5.74) is 2.15. The first kappa shape index (κ1) is 14.1. The zero-order valence-corrected chi connectivity index (χ0v) is 12.7. The highest BCUT2D eigenvalue weighted by atomic mass is 35.5. The van der Waals surface area contributed by atoms with Gasteiger partial charge in [0.2, 0.25) is 0 Å². The molecule has 2 nitrogen and oxygen atoms in total. The monoisotopic (exact) mass is 307 g/mol. The molecule has 0 aliphatic carbocycles. The minimum Gasteiger partial charge on any atom is -0.294 e. The van der Waals surface area contributed by atoms with E-state index in [9.17, 15) is 10.1 Å². The Balaban J connectivity index is 2.73. The van der Waals surface area contributed by atoms with Gasteiger partial charge in [0.1, 0.15) is 6.07 Å². The molecule has 0 atom stereocenters. The summed E-state index contributed by atoms with van der Waals surface area (Å²) < 4.78 is 0.873. The third-order valence-corrected chi connectivity index (χ3v) is 5.29. The number of hydrogen-bond donors (Lipinski definition) is 0. The molecular formula is C14H10ClNOS2. The van der Waals surface area contributed by atoms with Crippen molar-refractivity contribution in [2.75, 3.05) is 6.26 Å². The molecule has 0 unspecified atom stereocenters. The van der Waals surface area contributed by atoms with Crippen LogP contribution in [0.1, 0.15) is 22.2 Å². The Labute approximate surface area is 125 Å². The number of halogens is 1. The summed E-state index contributed by atoms with van der Waals surface area (Å²) in [7, 11) is 0. The number of rotatable bonds is 3. The molecule has 0 saturated heterocycles. The van der Waals surface area contributed by atoms with Crippen LogP contribution in [0.2, 0.25) is 5.02 Å². The fourth-order valence-electron chi connectivity index (χ4n) is 1.80. The van der Waals surface area contributed by atoms with E-state index in [1.807, 2.05) is 18.4 Å². The van der Waals surface area contributed by atoms with Gasteiger partial charge in [-0.2, -0.15) is 5.26 Å². The van der Waals surface area contributed by atoms with Gasteiger partial charge >= 0.3 is 0 Å². The average molecular weight is 308 g/mol. The first-order chi connectivity index (χ1) is 9.08. The highest BCUT2D eigenvalue weighted by molar-refractivity contribution is 8.00. The van der Waals surface area contributed by atoms with Crippen LogP contribution >= 0.6 is 34.7 Å². The van der Waals surface area contributed by atoms with Crippen molar-refractivity contribution >= 4 is 40.5 Å². The van der Waals surface area contributed by atoms with Gasteiger partial charge in [-0.05, 0) is 30.9 Å². The van der Waals surface area contributed by atoms with Gasteiger partial charge in [0.15, 0.2) is 5.78 Å². The van der Waals surface area contributed by atoms with Crippen LogP contribution in [0.15, 0.2) is 28.5 Å². The molecule has 0 saturated carbocycles. The molecule has 96 valence electrons. The van der Waals surface area contributed by atoms with Crippen LogP contribution in [-0.2, 0) is 0 Å². The molecule has 0 spiro atoms. The zero-order valence-electron chi connectivity index (χ0n) is 10.4. The van der Waals surface area contributed by atoms with Crippen LogP contribution in [0.5, 0.6) is 0 Å². The predicted molar refractivity (Wildman–Crippen MR) is 81.3 cm³/mol. The lowest BCUT2D eigenvalue weighted by molar-refractivity contribution is 0.102. The van der Waals surface area contributed by atoms with E-state index in [-0.39, 0.29) is 5.78 Å². The molecule has 0 radical (unpaired) electrons. The van der Waals surface area contributed by atoms with Crippen molar-refractivity contribution in [1.82, 2.24) is 0 Å². The molecule has 2 rings (SSSR count). The van der Waals surface area contributed by atoms with Crippen LogP contribution in [0.4, 0.5) is 0 Å². The summed E-state index contributed by atoms with van der Waals surface area (Å²) in [6, 6.07) is 9.40. The molecule has 1 heterocycles. The molecule has 5 heteroatoms. The molecule has 19 heavy (non-hydrogen) atoms. The number of carbonyl (C=O) groups excluding carboxylic acids is 1. The molecule has 1 aromatic heterocycles. The number of benzene rings is 1. The van der Waals surface area contributed by atoms with Gasteiger partial charge in [-0.1, -0.05) is 23.7 Å². The number of nitrogens with zero attached hydrogens (tertiary/aromatic N) is 1. The quantitative estimate of drug-likeness (QED) is 0.600. The molecule has 0 N–H and O–H groups in total. The van der Waals surface area contributed by atoms with E-state index in [1.54, 1.807) is 12.1 Å². The largest absolute Gasteiger partial charge is 0.294 e. The molecule has 2 aromatic rings. The minimum absolute atomic E-state index is 0.0215. The Morgan fingerprint density at radius 1 is 1.37 bits per heavy atom. The third-order valence-electron chi connectivity index (χ3n) is 2.63. The molecule has 0 bridgehead atoms. The molecule has 0 aliphatic heterocycles. The van der Waals surface area contributed by atoms with Crippen molar-refractivity contribution in [2.45, 2.75) is 11.1 Å². The number of thiophene rings is 1. The van der Waals surface area contributed by atoms with Crippen molar-refractivity contribution in [3.05, 3.63) is 39.7 Å². The van der Waals surface area contributed by atoms with Gasteiger partial charge in [-0.25, -0.2) is 0 Å². The van der Waals surface area contributed by atoms with E-state index >= 15 is 0 Å². The van der Waals surface area contributed by atoms with E-state index in [2.05, 4.69) is 6.07 Å². The summed E-state index contributed by atoms with van der Waals surface area (Å²) in [5, 5.41) is 9.98. The smallest absolute Gasteiger partial charge is 0.170 e. The Kier molecular flexibility index (Phi) is 4.31. The van der Waals surface area contributed by atoms with Gasteiger partial charge in [-0.3, -0.25) is 4.79 Å². The summed E-state index contributed by atoms with van der Waals surface area (Å²) in [4.78, 5) is 12.4. The minimum atomic E-state index is -0.0215. The highest BCUT2D eigenvalue weighted by Gasteiger charge is 2.21. The highest BCUT2D eigenvalue weighted by Crippen LogP contribution is 2.41. The second-order valence-electron chi connectivity index (χ2n) is 3.85. The standard InChI is InChI=1S/C14H10ClNOS2/c1-8(17)13-12(9-3-5-10(15)6-4-9)11(7-16)14(18-2)19-13/h3-6H,1-2H3. The van der Waals surface area contributed by atoms with Crippen molar-refractivity contribution in [2.24, 2.45) is 0 Å². The van der Waals surface area contributed by atoms with Gasteiger partial charge in [0.25, 0.3) is 0 Å². The first-order valence-electron chi connectivity index (χ1n) is 5.46. The summed E-state index contributed by atoms with van der Waals surface area (Å²) >= 11 is 8.74. The van der Waals surface area contributed by atoms with Crippen molar-refractivity contribution < 1.29 is 4.79 Å². The maximum absolute atomic E-state index is 11.8. The van der Waals surface area contributed by atoms with Crippen LogP contribution in [0, 0.1) is 11.3 Å². The van der Waals surface area contributed by atoms with Crippen LogP contribution in [0.3, 0.4) is 0 Å². The summed E-state index contributed by atoms with van der Waals surface area (Å²) in [6.07, 6.45) is 1.90. The molecular weight excluding hydrogens is 298 g/mol. The summed E-state index contributed by atoms with van der Waals surface area (Å²) in [6.45, 7) is 1.52. The average Bonchev–Trinajstić information content (AvgIpc) is 2.78. The lowest BCUT2D eigenvalue weighted by Gasteiger charge is -2.03. The second-order valence-corrected chi connectivity index (χ2v) is 6.38. The fraction of sp³-hybridized carbons (Fsp3) is 0.143. The van der Waals surface area contributed by atoms with Crippen LogP contribution in [-0.4, -0.2) is 12.0 Å². The number of ketones is 1. The lowest BCUT2D eigenvalue weighted by atomic mass is 10.0. The van der Waals surface area contributed by atoms with Crippen molar-refractivity contribution in [1.29, 1.82) is 5.26 Å². The van der Waals surface area contributed by atoms with Crippen molar-refractivity contribution in [3.8, 4) is 17.2 Å². The van der Waals surface area contributed by atoms with E-state index in [0.717, 1.165) is 15.3 Å². The van der Waals surface area contributed by atoms with E-state index < -0.39 is 0 Å². The Morgan fingerprint density at radius 2 is 2.00 bits per heavy atom. The normalized spacial score (nSPS) is 10.2. The number of Topliss-reactive ketones (excluding diaryl/α,β-unsaturated/α-hetero) is 1. The topological polar surface area (TPSA) is 40.9 Å². The molecule has 0 amide bonds. The molecule has 0 aliphatic rings. The SMILES string of the molecule is CSc1sc(C(C)=O)c(-c2ccc(Cl)cc2)c1C#N. The van der Waals surface area contributed by atoms with Gasteiger partial charge < -0.3 is 0 Å². The number of nitriles is 1. The maximum Gasteiger partial charge on any atom is 0.170 e. The van der Waals surface area contributed by atoms with Crippen LogP contribution in [0.25, 0.3) is 11.1 Å². The number of thioether (sulfide) groups is 1. The van der Waals surface area contributed by atoms with Crippen LogP contribution < -0.4 is 0 Å². The maximum atomic E-state index is 11.8. The molecule has 0 fully saturated rings. The van der Waals surface area contributed by atoms with Crippen molar-refractivity contribution in [3.63, 3.8) is 0 Å². The van der Waals surface area contributed by atoms with Gasteiger partial charge in [0.05, 0.1) is 14.6 Å². The number of carbonyl (C=O) groups is 1. The Morgan fingerprint density at radius 3 is 2.47 bits per heavy atom. The Bertz CT molecular complexity index is 668. The number of hydrogen-bond acceptors (Lipinski definition) is 4. The molecule has 1 aromatic carbocycles. The third kappa shape index (κ3) is 2.69. The van der Waals surface area contributed by atoms with E-state index in [4.69, 9.17) is 11.6 Å². The van der Waals surface area contributed by atoms with Gasteiger partial charge in [-0.15, -0.1) is 23.1 Å². The first-order valence-corrected chi connectivity index (χ1v) is 7.88. The fourth-order valence-corrected chi connectivity index (χ4v) is 3.76. The Hall–Kier alpha value is -1.28. The predicted octanol–water partition coefficient (Wildman–Crippen LogP) is 4.86. The zero-order chi connectivity index (χ0) is 14.0. The lowest BCUT2D eigenvalue weighted by Crippen LogP contribution is -1.92. The van der Waals surface area contributed by atoms with E-state index in [0.29, 0.717) is 15.5 Å². The second kappa shape index (κ2) is 5.79. The van der Waals surface area contributed by atoms with E-state index in [1.165, 1.54) is 30.0 Å². The van der Waals surface area contributed by atoms with Gasteiger partial charge in [0, 0.05) is 10.6 Å².